The van der Waals surface area contributed by atoms with Crippen LogP contribution in [0.4, 0.5) is 0 Å². The molecule has 0 aliphatic heterocycles. The van der Waals surface area contributed by atoms with Gasteiger partial charge in [-0.25, -0.2) is 0 Å². The van der Waals surface area contributed by atoms with Gasteiger partial charge in [-0.2, -0.15) is 5.10 Å². The molecule has 3 heteroatoms. The van der Waals surface area contributed by atoms with Gasteiger partial charge in [0.05, 0.1) is 11.7 Å². The summed E-state index contributed by atoms with van der Waals surface area (Å²) in [6, 6.07) is 3.95. The van der Waals surface area contributed by atoms with Crippen molar-refractivity contribution in [3.05, 3.63) is 30.1 Å². The molecule has 0 atom stereocenters. The van der Waals surface area contributed by atoms with E-state index < -0.39 is 0 Å². The zero-order valence-corrected chi connectivity index (χ0v) is 9.36. The molecule has 0 amide bonds. The summed E-state index contributed by atoms with van der Waals surface area (Å²) in [6.07, 6.45) is 4.60. The van der Waals surface area contributed by atoms with Crippen molar-refractivity contribution in [1.29, 1.82) is 0 Å². The molecule has 0 aliphatic carbocycles. The highest BCUT2D eigenvalue weighted by molar-refractivity contribution is 5.73. The van der Waals surface area contributed by atoms with Gasteiger partial charge >= 0.3 is 0 Å². The van der Waals surface area contributed by atoms with Crippen LogP contribution in [0.3, 0.4) is 0 Å². The zero-order valence-electron chi connectivity index (χ0n) is 9.36. The van der Waals surface area contributed by atoms with E-state index in [0.717, 1.165) is 17.5 Å². The number of hydrogen-bond acceptors (Lipinski definition) is 3. The lowest BCUT2D eigenvalue weighted by atomic mass is 9.89. The van der Waals surface area contributed by atoms with Crippen LogP contribution in [0.1, 0.15) is 26.3 Å². The summed E-state index contributed by atoms with van der Waals surface area (Å²) in [6.45, 7) is 6.65. The Bertz CT molecular complexity index is 471. The lowest BCUT2D eigenvalue weighted by Gasteiger charge is -2.17. The van der Waals surface area contributed by atoms with Crippen molar-refractivity contribution in [1.82, 2.24) is 15.2 Å². The molecular formula is C12H15N3. The Balaban J connectivity index is 2.39. The van der Waals surface area contributed by atoms with Crippen LogP contribution in [0.15, 0.2) is 24.5 Å². The van der Waals surface area contributed by atoms with E-state index >= 15 is 0 Å². The maximum absolute atomic E-state index is 4.36. The van der Waals surface area contributed by atoms with Crippen LogP contribution in [-0.4, -0.2) is 15.2 Å². The molecule has 0 aromatic carbocycles. The number of nitrogens with zero attached hydrogens (tertiary/aromatic N) is 3. The van der Waals surface area contributed by atoms with E-state index in [9.17, 15) is 0 Å². The fraction of sp³-hybridized carbons (Fsp3) is 0.417. The van der Waals surface area contributed by atoms with E-state index in [1.165, 1.54) is 5.56 Å². The molecule has 0 saturated heterocycles. The fourth-order valence-corrected chi connectivity index (χ4v) is 1.62. The number of pyridine rings is 1. The molecule has 0 saturated carbocycles. The predicted octanol–water partition coefficient (Wildman–Crippen LogP) is 2.61. The van der Waals surface area contributed by atoms with Crippen molar-refractivity contribution in [3.63, 3.8) is 0 Å². The lowest BCUT2D eigenvalue weighted by Crippen LogP contribution is -2.09. The van der Waals surface area contributed by atoms with Gasteiger partial charge in [-0.1, -0.05) is 20.8 Å². The van der Waals surface area contributed by atoms with Gasteiger partial charge in [-0.15, -0.1) is 5.10 Å². The Morgan fingerprint density at radius 3 is 2.73 bits per heavy atom. The van der Waals surface area contributed by atoms with Gasteiger partial charge in [0.15, 0.2) is 0 Å². The van der Waals surface area contributed by atoms with E-state index in [-0.39, 0.29) is 5.41 Å². The second kappa shape index (κ2) is 3.57. The third-order valence-corrected chi connectivity index (χ3v) is 2.15. The average molecular weight is 201 g/mol. The van der Waals surface area contributed by atoms with Crippen LogP contribution >= 0.6 is 0 Å². The summed E-state index contributed by atoms with van der Waals surface area (Å²) in [5.41, 5.74) is 3.27. The Hall–Kier alpha value is -1.51. The molecule has 0 radical (unpaired) electrons. The third-order valence-electron chi connectivity index (χ3n) is 2.15. The first-order chi connectivity index (χ1) is 7.04. The smallest absolute Gasteiger partial charge is 0.112 e. The second-order valence-corrected chi connectivity index (χ2v) is 5.02. The summed E-state index contributed by atoms with van der Waals surface area (Å²) in [7, 11) is 0. The topological polar surface area (TPSA) is 38.7 Å². The number of hydrogen-bond donors (Lipinski definition) is 0. The standard InChI is InChI=1S/C12H15N3/c1-12(2,3)7-9-6-11-10(13-8-9)4-5-14-15-11/h4-6,8H,7H2,1-3H3. The normalized spacial score (nSPS) is 11.9. The van der Waals surface area contributed by atoms with Crippen LogP contribution in [-0.2, 0) is 6.42 Å². The molecule has 2 rings (SSSR count). The molecule has 0 fully saturated rings. The number of aromatic nitrogens is 3. The van der Waals surface area contributed by atoms with Crippen molar-refractivity contribution in [2.75, 3.05) is 0 Å². The average Bonchev–Trinajstić information content (AvgIpc) is 2.15. The van der Waals surface area contributed by atoms with E-state index in [2.05, 4.69) is 42.0 Å². The van der Waals surface area contributed by atoms with Gasteiger partial charge in [0.1, 0.15) is 5.52 Å². The molecule has 0 unspecified atom stereocenters. The summed E-state index contributed by atoms with van der Waals surface area (Å²) in [5, 5.41) is 7.92. The van der Waals surface area contributed by atoms with Crippen molar-refractivity contribution < 1.29 is 0 Å². The van der Waals surface area contributed by atoms with Crippen LogP contribution in [0.2, 0.25) is 0 Å². The lowest BCUT2D eigenvalue weighted by molar-refractivity contribution is 0.411. The number of fused-ring (bicyclic) bond motifs is 1. The van der Waals surface area contributed by atoms with Crippen molar-refractivity contribution >= 4 is 11.0 Å². The Kier molecular flexibility index (Phi) is 2.39. The molecule has 2 aromatic rings. The Morgan fingerprint density at radius 1 is 1.20 bits per heavy atom. The molecule has 2 aromatic heterocycles. The largest absolute Gasteiger partial charge is 0.254 e. The monoisotopic (exact) mass is 201 g/mol. The first-order valence-electron chi connectivity index (χ1n) is 5.11. The van der Waals surface area contributed by atoms with Gasteiger partial charge < -0.3 is 0 Å². The summed E-state index contributed by atoms with van der Waals surface area (Å²) < 4.78 is 0. The summed E-state index contributed by atoms with van der Waals surface area (Å²) >= 11 is 0. The predicted molar refractivity (Wildman–Crippen MR) is 60.5 cm³/mol. The third kappa shape index (κ3) is 2.49. The highest BCUT2D eigenvalue weighted by Crippen LogP contribution is 2.21. The number of rotatable bonds is 1. The molecule has 0 N–H and O–H groups in total. The van der Waals surface area contributed by atoms with Gasteiger partial charge in [0.2, 0.25) is 0 Å². The second-order valence-electron chi connectivity index (χ2n) is 5.02. The molecule has 15 heavy (non-hydrogen) atoms. The molecule has 2 heterocycles. The minimum absolute atomic E-state index is 0.275. The Morgan fingerprint density at radius 2 is 2.00 bits per heavy atom. The maximum Gasteiger partial charge on any atom is 0.112 e. The quantitative estimate of drug-likeness (QED) is 0.712. The van der Waals surface area contributed by atoms with Crippen LogP contribution < -0.4 is 0 Å². The zero-order chi connectivity index (χ0) is 10.9. The van der Waals surface area contributed by atoms with Gasteiger partial charge in [-0.3, -0.25) is 4.98 Å². The minimum atomic E-state index is 0.275. The highest BCUT2D eigenvalue weighted by atomic mass is 15.1. The molecule has 0 spiro atoms. The van der Waals surface area contributed by atoms with Crippen LogP contribution in [0.25, 0.3) is 11.0 Å². The molecule has 0 bridgehead atoms. The minimum Gasteiger partial charge on any atom is -0.254 e. The molecule has 78 valence electrons. The van der Waals surface area contributed by atoms with Gasteiger partial charge in [0, 0.05) is 6.20 Å². The van der Waals surface area contributed by atoms with Crippen LogP contribution in [0.5, 0.6) is 0 Å². The van der Waals surface area contributed by atoms with Gasteiger partial charge in [-0.05, 0) is 29.5 Å². The molecular weight excluding hydrogens is 186 g/mol. The molecule has 0 aliphatic rings. The highest BCUT2D eigenvalue weighted by Gasteiger charge is 2.11. The first kappa shape index (κ1) is 10.0. The first-order valence-corrected chi connectivity index (χ1v) is 5.11. The van der Waals surface area contributed by atoms with E-state index in [4.69, 9.17) is 0 Å². The van der Waals surface area contributed by atoms with Crippen molar-refractivity contribution in [2.24, 2.45) is 5.41 Å². The van der Waals surface area contributed by atoms with E-state index in [0.29, 0.717) is 0 Å². The summed E-state index contributed by atoms with van der Waals surface area (Å²) in [4.78, 5) is 4.36. The summed E-state index contributed by atoms with van der Waals surface area (Å²) in [5.74, 6) is 0. The Labute approximate surface area is 89.6 Å². The SMILES string of the molecule is CC(C)(C)Cc1cnc2ccnnc2c1. The van der Waals surface area contributed by atoms with E-state index in [1.54, 1.807) is 6.20 Å². The van der Waals surface area contributed by atoms with Gasteiger partial charge in [0.25, 0.3) is 0 Å². The van der Waals surface area contributed by atoms with Crippen molar-refractivity contribution in [3.8, 4) is 0 Å². The fourth-order valence-electron chi connectivity index (χ4n) is 1.62. The van der Waals surface area contributed by atoms with Crippen LogP contribution in [0, 0.1) is 5.41 Å². The van der Waals surface area contributed by atoms with Crippen molar-refractivity contribution in [2.45, 2.75) is 27.2 Å². The molecule has 3 nitrogen and oxygen atoms in total. The maximum atomic E-state index is 4.36. The van der Waals surface area contributed by atoms with E-state index in [1.807, 2.05) is 12.3 Å².